The fourth-order valence-electron chi connectivity index (χ4n) is 1.57. The molecule has 3 aromatic rings. The van der Waals surface area contributed by atoms with Gasteiger partial charge in [0, 0.05) is 12.4 Å². The summed E-state index contributed by atoms with van der Waals surface area (Å²) < 4.78 is 0. The molecule has 0 bridgehead atoms. The number of aryl methyl sites for hydroxylation is 1. The maximum absolute atomic E-state index is 5.91. The van der Waals surface area contributed by atoms with Crippen molar-refractivity contribution in [3.8, 4) is 0 Å². The van der Waals surface area contributed by atoms with Gasteiger partial charge in [-0.15, -0.1) is 11.3 Å². The normalized spacial score (nSPS) is 11.0. The molecule has 0 aliphatic carbocycles. The Morgan fingerprint density at radius 1 is 1.26 bits per heavy atom. The van der Waals surface area contributed by atoms with E-state index in [1.807, 2.05) is 18.4 Å². The van der Waals surface area contributed by atoms with Gasteiger partial charge in [-0.3, -0.25) is 0 Å². The van der Waals surface area contributed by atoms with E-state index in [0.29, 0.717) is 17.4 Å². The lowest BCUT2D eigenvalue weighted by Crippen LogP contribution is -1.98. The van der Waals surface area contributed by atoms with E-state index in [2.05, 4.69) is 19.9 Å². The lowest BCUT2D eigenvalue weighted by atomic mass is 10.4. The molecular formula is C12H11N5S2. The van der Waals surface area contributed by atoms with Crippen LogP contribution in [0, 0.1) is 6.92 Å². The maximum Gasteiger partial charge on any atom is 0.187 e. The standard InChI is InChI=1S/C12H11N5S2/c1-7-4-14-12(15-5-7)19-6-9-16-10(13)8-2-3-18-11(8)17-9/h2-5H,6H2,1H3,(H2,13,16,17). The number of thioether (sulfide) groups is 1. The van der Waals surface area contributed by atoms with Crippen molar-refractivity contribution in [2.24, 2.45) is 0 Å². The van der Waals surface area contributed by atoms with Gasteiger partial charge in [0.15, 0.2) is 5.16 Å². The van der Waals surface area contributed by atoms with E-state index >= 15 is 0 Å². The van der Waals surface area contributed by atoms with Crippen molar-refractivity contribution < 1.29 is 0 Å². The third kappa shape index (κ3) is 2.66. The van der Waals surface area contributed by atoms with Crippen LogP contribution in [0.25, 0.3) is 10.2 Å². The smallest absolute Gasteiger partial charge is 0.187 e. The summed E-state index contributed by atoms with van der Waals surface area (Å²) in [6.07, 6.45) is 3.60. The number of rotatable bonds is 3. The molecule has 19 heavy (non-hydrogen) atoms. The number of aromatic nitrogens is 4. The van der Waals surface area contributed by atoms with Crippen LogP contribution in [-0.4, -0.2) is 19.9 Å². The Hall–Kier alpha value is -1.73. The molecule has 0 atom stereocenters. The Bertz CT molecular complexity index is 708. The predicted molar refractivity (Wildman–Crippen MR) is 78.2 cm³/mol. The molecule has 5 nitrogen and oxygen atoms in total. The van der Waals surface area contributed by atoms with Crippen LogP contribution in [0.5, 0.6) is 0 Å². The van der Waals surface area contributed by atoms with E-state index in [9.17, 15) is 0 Å². The molecule has 0 fully saturated rings. The second kappa shape index (κ2) is 5.10. The molecular weight excluding hydrogens is 278 g/mol. The third-order valence-corrected chi connectivity index (χ3v) is 4.17. The van der Waals surface area contributed by atoms with Crippen LogP contribution >= 0.6 is 23.1 Å². The van der Waals surface area contributed by atoms with Gasteiger partial charge in [-0.25, -0.2) is 19.9 Å². The van der Waals surface area contributed by atoms with Gasteiger partial charge in [0.25, 0.3) is 0 Å². The van der Waals surface area contributed by atoms with E-state index in [1.165, 1.54) is 11.8 Å². The van der Waals surface area contributed by atoms with Gasteiger partial charge in [0.1, 0.15) is 16.5 Å². The van der Waals surface area contributed by atoms with Crippen molar-refractivity contribution in [2.45, 2.75) is 17.8 Å². The second-order valence-electron chi connectivity index (χ2n) is 4.00. The van der Waals surface area contributed by atoms with Crippen molar-refractivity contribution in [1.29, 1.82) is 0 Å². The van der Waals surface area contributed by atoms with Gasteiger partial charge in [-0.05, 0) is 23.9 Å². The molecule has 0 spiro atoms. The molecule has 3 rings (SSSR count). The summed E-state index contributed by atoms with van der Waals surface area (Å²) in [6, 6.07) is 1.94. The molecule has 3 aromatic heterocycles. The topological polar surface area (TPSA) is 77.6 Å². The highest BCUT2D eigenvalue weighted by molar-refractivity contribution is 7.98. The Labute approximate surface area is 118 Å². The van der Waals surface area contributed by atoms with E-state index in [1.54, 1.807) is 23.7 Å². The lowest BCUT2D eigenvalue weighted by molar-refractivity contribution is 0.945. The van der Waals surface area contributed by atoms with Crippen LogP contribution in [0.3, 0.4) is 0 Å². The lowest BCUT2D eigenvalue weighted by Gasteiger charge is -2.02. The third-order valence-electron chi connectivity index (χ3n) is 2.49. The average molecular weight is 289 g/mol. The zero-order valence-corrected chi connectivity index (χ0v) is 11.8. The quantitative estimate of drug-likeness (QED) is 0.590. The minimum absolute atomic E-state index is 0.534. The summed E-state index contributed by atoms with van der Waals surface area (Å²) in [7, 11) is 0. The van der Waals surface area contributed by atoms with Gasteiger partial charge in [0.05, 0.1) is 11.1 Å². The molecule has 0 aromatic carbocycles. The van der Waals surface area contributed by atoms with Crippen molar-refractivity contribution >= 4 is 39.1 Å². The van der Waals surface area contributed by atoms with Gasteiger partial charge >= 0.3 is 0 Å². The monoisotopic (exact) mass is 289 g/mol. The minimum Gasteiger partial charge on any atom is -0.383 e. The average Bonchev–Trinajstić information content (AvgIpc) is 2.87. The number of hydrogen-bond acceptors (Lipinski definition) is 7. The van der Waals surface area contributed by atoms with E-state index < -0.39 is 0 Å². The van der Waals surface area contributed by atoms with Crippen LogP contribution < -0.4 is 5.73 Å². The van der Waals surface area contributed by atoms with E-state index in [-0.39, 0.29) is 0 Å². The van der Waals surface area contributed by atoms with Gasteiger partial charge < -0.3 is 5.73 Å². The van der Waals surface area contributed by atoms with E-state index in [0.717, 1.165) is 20.9 Å². The van der Waals surface area contributed by atoms with Crippen LogP contribution in [0.1, 0.15) is 11.4 Å². The Balaban J connectivity index is 1.79. The first-order valence-electron chi connectivity index (χ1n) is 5.63. The van der Waals surface area contributed by atoms with Crippen molar-refractivity contribution in [1.82, 2.24) is 19.9 Å². The number of fused-ring (bicyclic) bond motifs is 1. The SMILES string of the molecule is Cc1cnc(SCc2nc(N)c3ccsc3n2)nc1. The van der Waals surface area contributed by atoms with Crippen molar-refractivity contribution in [2.75, 3.05) is 5.73 Å². The molecule has 7 heteroatoms. The zero-order valence-electron chi connectivity index (χ0n) is 10.2. The molecule has 0 unspecified atom stereocenters. The number of nitrogen functional groups attached to an aromatic ring is 1. The van der Waals surface area contributed by atoms with Crippen molar-refractivity contribution in [3.05, 3.63) is 35.2 Å². The Morgan fingerprint density at radius 3 is 2.84 bits per heavy atom. The number of hydrogen-bond donors (Lipinski definition) is 1. The van der Waals surface area contributed by atoms with Crippen LogP contribution in [0.15, 0.2) is 29.0 Å². The Kier molecular flexibility index (Phi) is 3.31. The molecule has 0 saturated carbocycles. The molecule has 2 N–H and O–H groups in total. The first kappa shape index (κ1) is 12.3. The molecule has 3 heterocycles. The summed E-state index contributed by atoms with van der Waals surface area (Å²) in [4.78, 5) is 18.2. The minimum atomic E-state index is 0.534. The summed E-state index contributed by atoms with van der Waals surface area (Å²) >= 11 is 3.07. The largest absolute Gasteiger partial charge is 0.383 e. The van der Waals surface area contributed by atoms with Crippen LogP contribution in [0.4, 0.5) is 5.82 Å². The fourth-order valence-corrected chi connectivity index (χ4v) is 3.01. The van der Waals surface area contributed by atoms with Gasteiger partial charge in [-0.1, -0.05) is 11.8 Å². The molecule has 0 aliphatic heterocycles. The van der Waals surface area contributed by atoms with Gasteiger partial charge in [-0.2, -0.15) is 0 Å². The first-order chi connectivity index (χ1) is 9.22. The van der Waals surface area contributed by atoms with E-state index in [4.69, 9.17) is 5.73 Å². The Morgan fingerprint density at radius 2 is 2.05 bits per heavy atom. The highest BCUT2D eigenvalue weighted by Gasteiger charge is 2.07. The molecule has 0 radical (unpaired) electrons. The van der Waals surface area contributed by atoms with Crippen LogP contribution in [-0.2, 0) is 5.75 Å². The number of nitrogens with zero attached hydrogens (tertiary/aromatic N) is 4. The summed E-state index contributed by atoms with van der Waals surface area (Å²) in [5, 5.41) is 3.61. The summed E-state index contributed by atoms with van der Waals surface area (Å²) in [5.41, 5.74) is 6.95. The zero-order chi connectivity index (χ0) is 13.2. The highest BCUT2D eigenvalue weighted by Crippen LogP contribution is 2.25. The fraction of sp³-hybridized carbons (Fsp3) is 0.167. The summed E-state index contributed by atoms with van der Waals surface area (Å²) in [5.74, 6) is 1.86. The first-order valence-corrected chi connectivity index (χ1v) is 7.50. The molecule has 0 saturated heterocycles. The maximum atomic E-state index is 5.91. The predicted octanol–water partition coefficient (Wildman–Crippen LogP) is 2.66. The van der Waals surface area contributed by atoms with Gasteiger partial charge in [0.2, 0.25) is 0 Å². The second-order valence-corrected chi connectivity index (χ2v) is 5.83. The van der Waals surface area contributed by atoms with Crippen LogP contribution in [0.2, 0.25) is 0 Å². The molecule has 0 aliphatic rings. The number of thiophene rings is 1. The summed E-state index contributed by atoms with van der Waals surface area (Å²) in [6.45, 7) is 1.96. The number of anilines is 1. The molecule has 0 amide bonds. The number of nitrogens with two attached hydrogens (primary N) is 1. The highest BCUT2D eigenvalue weighted by atomic mass is 32.2. The molecule has 96 valence electrons. The van der Waals surface area contributed by atoms with Crippen molar-refractivity contribution in [3.63, 3.8) is 0 Å².